The third-order valence-corrected chi connectivity index (χ3v) is 2.92. The maximum absolute atomic E-state index is 11.6. The van der Waals surface area contributed by atoms with Crippen LogP contribution in [0, 0.1) is 0 Å². The van der Waals surface area contributed by atoms with E-state index in [-0.39, 0.29) is 12.8 Å². The van der Waals surface area contributed by atoms with Crippen molar-refractivity contribution in [2.45, 2.75) is 18.8 Å². The fourth-order valence-electron chi connectivity index (χ4n) is 1.25. The van der Waals surface area contributed by atoms with Gasteiger partial charge in [-0.15, -0.1) is 11.3 Å². The van der Waals surface area contributed by atoms with Gasteiger partial charge in [0.1, 0.15) is 5.92 Å². The molecule has 0 aromatic carbocycles. The molecule has 6 heteroatoms. The van der Waals surface area contributed by atoms with E-state index < -0.39 is 23.6 Å². The minimum Gasteiger partial charge on any atom is -0.481 e. The van der Waals surface area contributed by atoms with Gasteiger partial charge in [-0.05, 0) is 11.4 Å². The second kappa shape index (κ2) is 5.41. The van der Waals surface area contributed by atoms with E-state index in [1.54, 1.807) is 17.5 Å². The van der Waals surface area contributed by atoms with Gasteiger partial charge in [0, 0.05) is 11.3 Å². The quantitative estimate of drug-likeness (QED) is 0.734. The van der Waals surface area contributed by atoms with Gasteiger partial charge in [0.2, 0.25) is 0 Å². The largest absolute Gasteiger partial charge is 0.481 e. The molecule has 16 heavy (non-hydrogen) atoms. The van der Waals surface area contributed by atoms with E-state index in [9.17, 15) is 14.4 Å². The Hall–Kier alpha value is -1.69. The van der Waals surface area contributed by atoms with Crippen LogP contribution < -0.4 is 0 Å². The molecule has 0 radical (unpaired) electrons. The smallest absolute Gasteiger partial charge is 0.319 e. The van der Waals surface area contributed by atoms with Crippen molar-refractivity contribution in [1.29, 1.82) is 0 Å². The standard InChI is InChI=1S/C10H10O5S/c11-6(3-4-8(12)13)9(10(14)15)7-2-1-5-16-7/h1-2,5,9H,3-4H2,(H,12,13)(H,14,15). The van der Waals surface area contributed by atoms with Crippen LogP contribution in [0.25, 0.3) is 0 Å². The van der Waals surface area contributed by atoms with Gasteiger partial charge in [-0.2, -0.15) is 0 Å². The summed E-state index contributed by atoms with van der Waals surface area (Å²) < 4.78 is 0. The molecule has 0 aliphatic carbocycles. The Morgan fingerprint density at radius 1 is 1.25 bits per heavy atom. The molecule has 1 rings (SSSR count). The van der Waals surface area contributed by atoms with Crippen molar-refractivity contribution in [3.05, 3.63) is 22.4 Å². The van der Waals surface area contributed by atoms with Crippen molar-refractivity contribution in [3.63, 3.8) is 0 Å². The number of carbonyl (C=O) groups excluding carboxylic acids is 1. The van der Waals surface area contributed by atoms with Gasteiger partial charge in [0.15, 0.2) is 5.78 Å². The highest BCUT2D eigenvalue weighted by Gasteiger charge is 2.28. The SMILES string of the molecule is O=C(O)CCC(=O)C(C(=O)O)c1cccs1. The van der Waals surface area contributed by atoms with Gasteiger partial charge in [0.05, 0.1) is 6.42 Å². The van der Waals surface area contributed by atoms with Crippen molar-refractivity contribution in [2.75, 3.05) is 0 Å². The summed E-state index contributed by atoms with van der Waals surface area (Å²) in [6, 6.07) is 3.21. The van der Waals surface area contributed by atoms with E-state index in [1.807, 2.05) is 0 Å². The third kappa shape index (κ3) is 3.16. The van der Waals surface area contributed by atoms with Crippen LogP contribution in [0.1, 0.15) is 23.6 Å². The van der Waals surface area contributed by atoms with Crippen molar-refractivity contribution in [3.8, 4) is 0 Å². The normalized spacial score (nSPS) is 12.0. The van der Waals surface area contributed by atoms with Gasteiger partial charge in [-0.3, -0.25) is 14.4 Å². The van der Waals surface area contributed by atoms with Gasteiger partial charge in [-0.25, -0.2) is 0 Å². The first kappa shape index (κ1) is 12.4. The number of ketones is 1. The van der Waals surface area contributed by atoms with Crippen molar-refractivity contribution >= 4 is 29.1 Å². The third-order valence-electron chi connectivity index (χ3n) is 1.98. The Labute approximate surface area is 95.3 Å². The number of rotatable bonds is 6. The van der Waals surface area contributed by atoms with Crippen LogP contribution in [-0.2, 0) is 14.4 Å². The molecule has 0 amide bonds. The molecule has 1 heterocycles. The van der Waals surface area contributed by atoms with E-state index in [2.05, 4.69) is 0 Å². The highest BCUT2D eigenvalue weighted by molar-refractivity contribution is 7.10. The van der Waals surface area contributed by atoms with Crippen LogP contribution in [0.15, 0.2) is 17.5 Å². The van der Waals surface area contributed by atoms with Crippen LogP contribution in [0.3, 0.4) is 0 Å². The zero-order chi connectivity index (χ0) is 12.1. The summed E-state index contributed by atoms with van der Waals surface area (Å²) in [5, 5.41) is 19.0. The lowest BCUT2D eigenvalue weighted by atomic mass is 9.99. The molecule has 0 saturated heterocycles. The highest BCUT2D eigenvalue weighted by atomic mass is 32.1. The molecule has 2 N–H and O–H groups in total. The molecule has 0 bridgehead atoms. The number of thiophene rings is 1. The zero-order valence-electron chi connectivity index (χ0n) is 8.25. The molecule has 0 aliphatic rings. The summed E-state index contributed by atoms with van der Waals surface area (Å²) >= 11 is 1.17. The molecule has 1 atom stereocenters. The molecule has 0 aliphatic heterocycles. The van der Waals surface area contributed by atoms with Crippen LogP contribution >= 0.6 is 11.3 Å². The van der Waals surface area contributed by atoms with E-state index >= 15 is 0 Å². The number of hydrogen-bond acceptors (Lipinski definition) is 4. The van der Waals surface area contributed by atoms with Crippen LogP contribution in [-0.4, -0.2) is 27.9 Å². The predicted molar refractivity (Wildman–Crippen MR) is 56.6 cm³/mol. The maximum atomic E-state index is 11.6. The maximum Gasteiger partial charge on any atom is 0.319 e. The number of Topliss-reactive ketones (excluding diaryl/α,β-unsaturated/α-hetero) is 1. The van der Waals surface area contributed by atoms with Crippen molar-refractivity contribution < 1.29 is 24.6 Å². The molecular weight excluding hydrogens is 232 g/mol. The minimum absolute atomic E-state index is 0.260. The molecule has 0 saturated carbocycles. The lowest BCUT2D eigenvalue weighted by Crippen LogP contribution is -2.21. The summed E-state index contributed by atoms with van der Waals surface area (Å²) in [6.07, 6.45) is -0.599. The molecule has 1 unspecified atom stereocenters. The summed E-state index contributed by atoms with van der Waals surface area (Å²) in [6.45, 7) is 0. The highest BCUT2D eigenvalue weighted by Crippen LogP contribution is 2.24. The molecular formula is C10H10O5S. The van der Waals surface area contributed by atoms with Crippen LogP contribution in [0.4, 0.5) is 0 Å². The van der Waals surface area contributed by atoms with Gasteiger partial charge in [0.25, 0.3) is 0 Å². The molecule has 0 spiro atoms. The van der Waals surface area contributed by atoms with Gasteiger partial charge in [-0.1, -0.05) is 6.07 Å². The first-order chi connectivity index (χ1) is 7.52. The van der Waals surface area contributed by atoms with Gasteiger partial charge >= 0.3 is 11.9 Å². The summed E-state index contributed by atoms with van der Waals surface area (Å²) in [7, 11) is 0. The second-order valence-electron chi connectivity index (χ2n) is 3.15. The van der Waals surface area contributed by atoms with E-state index in [0.717, 1.165) is 0 Å². The lowest BCUT2D eigenvalue weighted by molar-refractivity contribution is -0.144. The van der Waals surface area contributed by atoms with Crippen molar-refractivity contribution in [2.24, 2.45) is 0 Å². The Kier molecular flexibility index (Phi) is 4.19. The average molecular weight is 242 g/mol. The zero-order valence-corrected chi connectivity index (χ0v) is 9.07. The van der Waals surface area contributed by atoms with E-state index in [0.29, 0.717) is 4.88 Å². The fourth-order valence-corrected chi connectivity index (χ4v) is 2.09. The lowest BCUT2D eigenvalue weighted by Gasteiger charge is -2.07. The monoisotopic (exact) mass is 242 g/mol. The molecule has 5 nitrogen and oxygen atoms in total. The predicted octanol–water partition coefficient (Wildman–Crippen LogP) is 1.35. The Bertz CT molecular complexity index is 395. The second-order valence-corrected chi connectivity index (χ2v) is 4.13. The number of carboxylic acids is 2. The van der Waals surface area contributed by atoms with Crippen LogP contribution in [0.2, 0.25) is 0 Å². The Morgan fingerprint density at radius 3 is 2.38 bits per heavy atom. The van der Waals surface area contributed by atoms with E-state index in [1.165, 1.54) is 11.3 Å². The van der Waals surface area contributed by atoms with E-state index in [4.69, 9.17) is 10.2 Å². The van der Waals surface area contributed by atoms with Crippen molar-refractivity contribution in [1.82, 2.24) is 0 Å². The number of hydrogen-bond donors (Lipinski definition) is 2. The van der Waals surface area contributed by atoms with Crippen LogP contribution in [0.5, 0.6) is 0 Å². The Morgan fingerprint density at radius 2 is 1.94 bits per heavy atom. The summed E-state index contributed by atoms with van der Waals surface area (Å²) in [4.78, 5) is 33.2. The first-order valence-electron chi connectivity index (χ1n) is 4.53. The topological polar surface area (TPSA) is 91.7 Å². The molecule has 1 aromatic rings. The number of carboxylic acid groups (broad SMARTS) is 2. The number of aliphatic carboxylic acids is 2. The summed E-state index contributed by atoms with van der Waals surface area (Å²) in [5.41, 5.74) is 0. The minimum atomic E-state index is -1.24. The molecule has 86 valence electrons. The number of carbonyl (C=O) groups is 3. The molecule has 0 fully saturated rings. The Balaban J connectivity index is 2.75. The average Bonchev–Trinajstić information content (AvgIpc) is 2.67. The first-order valence-corrected chi connectivity index (χ1v) is 5.41. The fraction of sp³-hybridized carbons (Fsp3) is 0.300. The molecule has 1 aromatic heterocycles. The van der Waals surface area contributed by atoms with Gasteiger partial charge < -0.3 is 10.2 Å². The summed E-state index contributed by atoms with van der Waals surface area (Å²) in [5.74, 6) is -4.15.